The Bertz CT molecular complexity index is 908. The lowest BCUT2D eigenvalue weighted by Gasteiger charge is -2.06. The van der Waals surface area contributed by atoms with Crippen molar-refractivity contribution in [2.75, 3.05) is 0 Å². The minimum atomic E-state index is 0.724. The zero-order valence-electron chi connectivity index (χ0n) is 11.4. The largest absolute Gasteiger partial charge is 0.458 e. The first-order valence-electron chi connectivity index (χ1n) is 6.63. The van der Waals surface area contributed by atoms with Gasteiger partial charge in [-0.1, -0.05) is 0 Å². The van der Waals surface area contributed by atoms with Crippen LogP contribution in [0.5, 0.6) is 0 Å². The maximum absolute atomic E-state index is 5.73. The molecule has 0 atom stereocenters. The fourth-order valence-electron chi connectivity index (χ4n) is 2.37. The standard InChI is InChI=1S/C16H12N4O/c1-11-4-5-14(21-11)16-19-13-3-2-8-18-15(13)20(16)12-6-9-17-10-7-12/h2-10H,1H3. The van der Waals surface area contributed by atoms with Gasteiger partial charge >= 0.3 is 0 Å². The van der Waals surface area contributed by atoms with E-state index in [4.69, 9.17) is 4.42 Å². The molecule has 0 spiro atoms. The molecular formula is C16H12N4O. The van der Waals surface area contributed by atoms with Crippen LogP contribution in [0.4, 0.5) is 0 Å². The normalized spacial score (nSPS) is 11.1. The molecule has 5 heteroatoms. The molecule has 0 aliphatic rings. The summed E-state index contributed by atoms with van der Waals surface area (Å²) in [6, 6.07) is 11.5. The molecule has 4 rings (SSSR count). The number of hydrogen-bond acceptors (Lipinski definition) is 4. The molecule has 0 amide bonds. The monoisotopic (exact) mass is 276 g/mol. The quantitative estimate of drug-likeness (QED) is 0.563. The van der Waals surface area contributed by atoms with Crippen molar-refractivity contribution in [3.05, 3.63) is 60.7 Å². The van der Waals surface area contributed by atoms with Gasteiger partial charge in [0.25, 0.3) is 0 Å². The Morgan fingerprint density at radius 1 is 1.00 bits per heavy atom. The molecule has 5 nitrogen and oxygen atoms in total. The molecule has 0 aromatic carbocycles. The second kappa shape index (κ2) is 4.56. The molecule has 0 saturated carbocycles. The summed E-state index contributed by atoms with van der Waals surface area (Å²) in [5.41, 5.74) is 2.58. The van der Waals surface area contributed by atoms with Gasteiger partial charge < -0.3 is 4.42 Å². The Kier molecular flexibility index (Phi) is 2.57. The van der Waals surface area contributed by atoms with Gasteiger partial charge in [-0.05, 0) is 43.3 Å². The number of aryl methyl sites for hydroxylation is 1. The number of furan rings is 1. The van der Waals surface area contributed by atoms with Crippen LogP contribution in [-0.2, 0) is 0 Å². The maximum atomic E-state index is 5.73. The molecule has 4 aromatic rings. The van der Waals surface area contributed by atoms with Crippen molar-refractivity contribution in [1.29, 1.82) is 0 Å². The van der Waals surface area contributed by atoms with Crippen LogP contribution < -0.4 is 0 Å². The Labute approximate surface area is 120 Å². The molecule has 0 aliphatic heterocycles. The second-order valence-corrected chi connectivity index (χ2v) is 4.73. The van der Waals surface area contributed by atoms with E-state index in [9.17, 15) is 0 Å². The summed E-state index contributed by atoms with van der Waals surface area (Å²) in [4.78, 5) is 13.2. The Morgan fingerprint density at radius 2 is 1.86 bits per heavy atom. The van der Waals surface area contributed by atoms with E-state index in [1.807, 2.05) is 47.9 Å². The number of hydrogen-bond donors (Lipinski definition) is 0. The summed E-state index contributed by atoms with van der Waals surface area (Å²) in [5, 5.41) is 0. The number of rotatable bonds is 2. The fourth-order valence-corrected chi connectivity index (χ4v) is 2.37. The molecule has 0 saturated heterocycles. The maximum Gasteiger partial charge on any atom is 0.183 e. The number of pyridine rings is 2. The fraction of sp³-hybridized carbons (Fsp3) is 0.0625. The summed E-state index contributed by atoms with van der Waals surface area (Å²) in [6.45, 7) is 1.92. The van der Waals surface area contributed by atoms with Crippen molar-refractivity contribution in [3.8, 4) is 17.3 Å². The summed E-state index contributed by atoms with van der Waals surface area (Å²) in [6.07, 6.45) is 5.27. The summed E-state index contributed by atoms with van der Waals surface area (Å²) >= 11 is 0. The number of aromatic nitrogens is 4. The predicted octanol–water partition coefficient (Wildman–Crippen LogP) is 3.38. The van der Waals surface area contributed by atoms with E-state index in [0.717, 1.165) is 34.2 Å². The first-order chi connectivity index (χ1) is 10.3. The average molecular weight is 276 g/mol. The zero-order valence-corrected chi connectivity index (χ0v) is 11.4. The van der Waals surface area contributed by atoms with Gasteiger partial charge in [0.15, 0.2) is 17.2 Å². The van der Waals surface area contributed by atoms with Crippen LogP contribution in [0.1, 0.15) is 5.76 Å². The number of nitrogens with zero attached hydrogens (tertiary/aromatic N) is 4. The Balaban J connectivity index is 2.06. The van der Waals surface area contributed by atoms with Gasteiger partial charge in [0.1, 0.15) is 11.3 Å². The van der Waals surface area contributed by atoms with Crippen LogP contribution in [0.2, 0.25) is 0 Å². The summed E-state index contributed by atoms with van der Waals surface area (Å²) < 4.78 is 7.72. The SMILES string of the molecule is Cc1ccc(-c2nc3cccnc3n2-c2ccncc2)o1. The van der Waals surface area contributed by atoms with E-state index in [1.54, 1.807) is 18.6 Å². The van der Waals surface area contributed by atoms with Gasteiger partial charge in [-0.2, -0.15) is 0 Å². The number of fused-ring (bicyclic) bond motifs is 1. The van der Waals surface area contributed by atoms with Gasteiger partial charge in [0, 0.05) is 18.6 Å². The minimum absolute atomic E-state index is 0.724. The molecule has 4 aromatic heterocycles. The third-order valence-electron chi connectivity index (χ3n) is 3.30. The summed E-state index contributed by atoms with van der Waals surface area (Å²) in [5.74, 6) is 2.32. The molecule has 0 N–H and O–H groups in total. The van der Waals surface area contributed by atoms with Crippen molar-refractivity contribution >= 4 is 11.2 Å². The highest BCUT2D eigenvalue weighted by molar-refractivity contribution is 5.78. The summed E-state index contributed by atoms with van der Waals surface area (Å²) in [7, 11) is 0. The molecule has 21 heavy (non-hydrogen) atoms. The zero-order chi connectivity index (χ0) is 14.2. The van der Waals surface area contributed by atoms with Crippen LogP contribution in [0.15, 0.2) is 59.4 Å². The number of imidazole rings is 1. The van der Waals surface area contributed by atoms with Crippen molar-refractivity contribution in [3.63, 3.8) is 0 Å². The van der Waals surface area contributed by atoms with E-state index in [2.05, 4.69) is 15.0 Å². The highest BCUT2D eigenvalue weighted by Crippen LogP contribution is 2.28. The molecule has 0 aliphatic carbocycles. The molecule has 0 unspecified atom stereocenters. The van der Waals surface area contributed by atoms with Gasteiger partial charge in [-0.3, -0.25) is 9.55 Å². The van der Waals surface area contributed by atoms with Crippen LogP contribution in [0.3, 0.4) is 0 Å². The lowest BCUT2D eigenvalue weighted by molar-refractivity contribution is 0.543. The van der Waals surface area contributed by atoms with Gasteiger partial charge in [-0.15, -0.1) is 0 Å². The van der Waals surface area contributed by atoms with Crippen LogP contribution in [-0.4, -0.2) is 19.5 Å². The highest BCUT2D eigenvalue weighted by atomic mass is 16.3. The highest BCUT2D eigenvalue weighted by Gasteiger charge is 2.17. The minimum Gasteiger partial charge on any atom is -0.458 e. The topological polar surface area (TPSA) is 56.7 Å². The Hall–Kier alpha value is -2.95. The van der Waals surface area contributed by atoms with Crippen molar-refractivity contribution in [2.45, 2.75) is 6.92 Å². The van der Waals surface area contributed by atoms with Crippen LogP contribution in [0.25, 0.3) is 28.4 Å². The van der Waals surface area contributed by atoms with Crippen molar-refractivity contribution in [1.82, 2.24) is 19.5 Å². The first-order valence-corrected chi connectivity index (χ1v) is 6.63. The van der Waals surface area contributed by atoms with E-state index < -0.39 is 0 Å². The van der Waals surface area contributed by atoms with Crippen molar-refractivity contribution in [2.24, 2.45) is 0 Å². The smallest absolute Gasteiger partial charge is 0.183 e. The molecule has 0 radical (unpaired) electrons. The first kappa shape index (κ1) is 11.8. The molecular weight excluding hydrogens is 264 g/mol. The second-order valence-electron chi connectivity index (χ2n) is 4.73. The third-order valence-corrected chi connectivity index (χ3v) is 3.30. The predicted molar refractivity (Wildman–Crippen MR) is 79.1 cm³/mol. The van der Waals surface area contributed by atoms with E-state index >= 15 is 0 Å². The molecule has 0 fully saturated rings. The van der Waals surface area contributed by atoms with Crippen molar-refractivity contribution < 1.29 is 4.42 Å². The third kappa shape index (κ3) is 1.90. The average Bonchev–Trinajstić information content (AvgIpc) is 3.11. The lowest BCUT2D eigenvalue weighted by atomic mass is 10.3. The van der Waals surface area contributed by atoms with Gasteiger partial charge in [0.05, 0.1) is 5.69 Å². The van der Waals surface area contributed by atoms with E-state index in [0.29, 0.717) is 0 Å². The molecule has 0 bridgehead atoms. The van der Waals surface area contributed by atoms with Gasteiger partial charge in [0.2, 0.25) is 0 Å². The lowest BCUT2D eigenvalue weighted by Crippen LogP contribution is -1.98. The van der Waals surface area contributed by atoms with Crippen LogP contribution >= 0.6 is 0 Å². The Morgan fingerprint density at radius 3 is 2.62 bits per heavy atom. The molecule has 102 valence electrons. The van der Waals surface area contributed by atoms with E-state index in [1.165, 1.54) is 0 Å². The van der Waals surface area contributed by atoms with Gasteiger partial charge in [-0.25, -0.2) is 9.97 Å². The van der Waals surface area contributed by atoms with E-state index in [-0.39, 0.29) is 0 Å². The molecule has 4 heterocycles. The van der Waals surface area contributed by atoms with Crippen LogP contribution in [0, 0.1) is 6.92 Å².